The van der Waals surface area contributed by atoms with Gasteiger partial charge in [0.25, 0.3) is 0 Å². The molecule has 1 rings (SSSR count). The number of nitro groups is 1. The maximum absolute atomic E-state index is 11.4. The highest BCUT2D eigenvalue weighted by atomic mass is 16.6. The predicted octanol–water partition coefficient (Wildman–Crippen LogP) is 3.08. The summed E-state index contributed by atoms with van der Waals surface area (Å²) < 4.78 is 0. The largest absolute Gasteiger partial charge is 0.364 e. The molecule has 0 spiro atoms. The molecule has 7 nitrogen and oxygen atoms in total. The summed E-state index contributed by atoms with van der Waals surface area (Å²) in [7, 11) is 1.82. The fourth-order valence-electron chi connectivity index (χ4n) is 1.93. The minimum atomic E-state index is -0.407. The molecule has 0 amide bonds. The molecule has 21 heavy (non-hydrogen) atoms. The first-order valence-corrected chi connectivity index (χ1v) is 7.41. The molecule has 0 aliphatic rings. The van der Waals surface area contributed by atoms with E-state index in [1.807, 2.05) is 11.9 Å². The molecule has 118 valence electrons. The van der Waals surface area contributed by atoms with Gasteiger partial charge < -0.3 is 10.2 Å². The van der Waals surface area contributed by atoms with Gasteiger partial charge in [0.1, 0.15) is 6.33 Å². The Morgan fingerprint density at radius 2 is 2.14 bits per heavy atom. The van der Waals surface area contributed by atoms with Crippen molar-refractivity contribution in [2.45, 2.75) is 40.0 Å². The van der Waals surface area contributed by atoms with E-state index in [0.29, 0.717) is 24.1 Å². The van der Waals surface area contributed by atoms with Gasteiger partial charge in [0.05, 0.1) is 4.92 Å². The number of hydrogen-bond donors (Lipinski definition) is 1. The maximum atomic E-state index is 11.4. The fourth-order valence-corrected chi connectivity index (χ4v) is 1.93. The van der Waals surface area contributed by atoms with E-state index in [9.17, 15) is 10.1 Å². The summed E-state index contributed by atoms with van der Waals surface area (Å²) >= 11 is 0. The van der Waals surface area contributed by atoms with Crippen molar-refractivity contribution in [3.8, 4) is 0 Å². The molecule has 1 aromatic rings. The zero-order valence-corrected chi connectivity index (χ0v) is 13.3. The summed E-state index contributed by atoms with van der Waals surface area (Å²) in [4.78, 5) is 20.9. The van der Waals surface area contributed by atoms with Crippen molar-refractivity contribution in [2.75, 3.05) is 30.4 Å². The van der Waals surface area contributed by atoms with Gasteiger partial charge in [0, 0.05) is 20.1 Å². The van der Waals surface area contributed by atoms with E-state index in [-0.39, 0.29) is 5.69 Å². The van der Waals surface area contributed by atoms with Crippen LogP contribution >= 0.6 is 0 Å². The number of nitrogens with zero attached hydrogens (tertiary/aromatic N) is 4. The molecule has 0 unspecified atom stereocenters. The summed E-state index contributed by atoms with van der Waals surface area (Å²) in [5, 5.41) is 14.4. The van der Waals surface area contributed by atoms with Crippen molar-refractivity contribution in [2.24, 2.45) is 5.92 Å². The van der Waals surface area contributed by atoms with Crippen LogP contribution in [0.1, 0.15) is 40.0 Å². The van der Waals surface area contributed by atoms with Crippen LogP contribution in [-0.2, 0) is 0 Å². The molecule has 0 saturated carbocycles. The molecule has 7 heteroatoms. The van der Waals surface area contributed by atoms with Gasteiger partial charge in [-0.1, -0.05) is 27.2 Å². The highest BCUT2D eigenvalue weighted by Crippen LogP contribution is 2.31. The Labute approximate surface area is 125 Å². The van der Waals surface area contributed by atoms with E-state index in [0.717, 1.165) is 25.8 Å². The van der Waals surface area contributed by atoms with Crippen molar-refractivity contribution in [3.63, 3.8) is 0 Å². The minimum Gasteiger partial charge on any atom is -0.364 e. The van der Waals surface area contributed by atoms with E-state index in [1.54, 1.807) is 0 Å². The van der Waals surface area contributed by atoms with E-state index < -0.39 is 4.92 Å². The summed E-state index contributed by atoms with van der Waals surface area (Å²) in [5.74, 6) is 1.20. The van der Waals surface area contributed by atoms with Crippen LogP contribution in [0.2, 0.25) is 0 Å². The number of hydrogen-bond acceptors (Lipinski definition) is 6. The average Bonchev–Trinajstić information content (AvgIpc) is 2.43. The number of nitrogens with one attached hydrogen (secondary N) is 1. The van der Waals surface area contributed by atoms with E-state index >= 15 is 0 Å². The SMILES string of the molecule is CCCCN(C)c1ncnc(NCCC(C)C)c1[N+](=O)[O-]. The summed E-state index contributed by atoms with van der Waals surface area (Å²) in [6.07, 6.45) is 4.31. The smallest absolute Gasteiger partial charge is 0.353 e. The lowest BCUT2D eigenvalue weighted by molar-refractivity contribution is -0.383. The second-order valence-electron chi connectivity index (χ2n) is 5.54. The molecule has 0 bridgehead atoms. The van der Waals surface area contributed by atoms with Crippen molar-refractivity contribution in [1.82, 2.24) is 9.97 Å². The van der Waals surface area contributed by atoms with Gasteiger partial charge >= 0.3 is 5.69 Å². The Kier molecular flexibility index (Phi) is 6.84. The van der Waals surface area contributed by atoms with E-state index in [2.05, 4.69) is 36.1 Å². The Morgan fingerprint density at radius 1 is 1.43 bits per heavy atom. The first-order valence-electron chi connectivity index (χ1n) is 7.41. The zero-order chi connectivity index (χ0) is 15.8. The zero-order valence-electron chi connectivity index (χ0n) is 13.3. The van der Waals surface area contributed by atoms with Gasteiger partial charge in [-0.05, 0) is 18.8 Å². The first-order chi connectivity index (χ1) is 9.97. The van der Waals surface area contributed by atoms with Crippen molar-refractivity contribution >= 4 is 17.3 Å². The van der Waals surface area contributed by atoms with Crippen molar-refractivity contribution in [3.05, 3.63) is 16.4 Å². The molecule has 1 N–H and O–H groups in total. The van der Waals surface area contributed by atoms with Gasteiger partial charge in [0.15, 0.2) is 0 Å². The number of unbranched alkanes of at least 4 members (excludes halogenated alkanes) is 1. The van der Waals surface area contributed by atoms with Crippen LogP contribution in [-0.4, -0.2) is 35.0 Å². The third kappa shape index (κ3) is 5.17. The summed E-state index contributed by atoms with van der Waals surface area (Å²) in [6, 6.07) is 0. The Balaban J connectivity index is 2.95. The highest BCUT2D eigenvalue weighted by Gasteiger charge is 2.25. The molecule has 0 aliphatic carbocycles. The molecule has 0 aromatic carbocycles. The fraction of sp³-hybridized carbons (Fsp3) is 0.714. The molecular formula is C14H25N5O2. The van der Waals surface area contributed by atoms with Crippen molar-refractivity contribution in [1.29, 1.82) is 0 Å². The highest BCUT2D eigenvalue weighted by molar-refractivity contribution is 5.70. The van der Waals surface area contributed by atoms with Gasteiger partial charge in [-0.15, -0.1) is 0 Å². The summed E-state index contributed by atoms with van der Waals surface area (Å²) in [6.45, 7) is 7.70. The van der Waals surface area contributed by atoms with Crippen LogP contribution in [0.15, 0.2) is 6.33 Å². The second-order valence-corrected chi connectivity index (χ2v) is 5.54. The molecule has 1 aromatic heterocycles. The quantitative estimate of drug-likeness (QED) is 0.556. The van der Waals surface area contributed by atoms with Crippen LogP contribution in [0.4, 0.5) is 17.3 Å². The van der Waals surface area contributed by atoms with Crippen molar-refractivity contribution < 1.29 is 4.92 Å². The monoisotopic (exact) mass is 295 g/mol. The average molecular weight is 295 g/mol. The van der Waals surface area contributed by atoms with Gasteiger partial charge in [-0.3, -0.25) is 10.1 Å². The van der Waals surface area contributed by atoms with E-state index in [1.165, 1.54) is 6.33 Å². The third-order valence-corrected chi connectivity index (χ3v) is 3.21. The minimum absolute atomic E-state index is 0.0418. The van der Waals surface area contributed by atoms with Gasteiger partial charge in [-0.25, -0.2) is 9.97 Å². The number of rotatable bonds is 9. The van der Waals surface area contributed by atoms with Crippen LogP contribution < -0.4 is 10.2 Å². The topological polar surface area (TPSA) is 84.2 Å². The third-order valence-electron chi connectivity index (χ3n) is 3.21. The first kappa shape index (κ1) is 17.1. The van der Waals surface area contributed by atoms with Crippen LogP contribution in [0.25, 0.3) is 0 Å². The lowest BCUT2D eigenvalue weighted by atomic mass is 10.1. The number of anilines is 2. The molecule has 0 atom stereocenters. The lowest BCUT2D eigenvalue weighted by Crippen LogP contribution is -2.22. The van der Waals surface area contributed by atoms with Crippen LogP contribution in [0.3, 0.4) is 0 Å². The lowest BCUT2D eigenvalue weighted by Gasteiger charge is -2.18. The van der Waals surface area contributed by atoms with Gasteiger partial charge in [-0.2, -0.15) is 0 Å². The molecule has 0 saturated heterocycles. The maximum Gasteiger partial charge on any atom is 0.353 e. The molecule has 1 heterocycles. The van der Waals surface area contributed by atoms with Gasteiger partial charge in [0.2, 0.25) is 11.6 Å². The molecular weight excluding hydrogens is 270 g/mol. The normalized spacial score (nSPS) is 10.7. The Morgan fingerprint density at radius 3 is 2.71 bits per heavy atom. The predicted molar refractivity (Wildman–Crippen MR) is 84.8 cm³/mol. The molecule has 0 aliphatic heterocycles. The molecule has 0 fully saturated rings. The standard InChI is InChI=1S/C14H25N5O2/c1-5-6-9-18(4)14-12(19(20)21)13(16-10-17-14)15-8-7-11(2)3/h10-11H,5-9H2,1-4H3,(H,15,16,17). The second kappa shape index (κ2) is 8.39. The van der Waals surface area contributed by atoms with E-state index in [4.69, 9.17) is 0 Å². The molecule has 0 radical (unpaired) electrons. The Bertz CT molecular complexity index is 465. The van der Waals surface area contributed by atoms with Crippen LogP contribution in [0, 0.1) is 16.0 Å². The number of aromatic nitrogens is 2. The summed E-state index contributed by atoms with van der Waals surface area (Å²) in [5.41, 5.74) is -0.0418. The van der Waals surface area contributed by atoms with Crippen LogP contribution in [0.5, 0.6) is 0 Å². The Hall–Kier alpha value is -1.92.